The van der Waals surface area contributed by atoms with Crippen molar-refractivity contribution in [2.75, 3.05) is 14.2 Å². The molecule has 2 heterocycles. The molecule has 0 atom stereocenters. The lowest BCUT2D eigenvalue weighted by molar-refractivity contribution is -0.386. The Morgan fingerprint density at radius 2 is 1.86 bits per heavy atom. The summed E-state index contributed by atoms with van der Waals surface area (Å²) < 4.78 is 51.1. The first-order valence-electron chi connectivity index (χ1n) is 8.04. The van der Waals surface area contributed by atoms with Gasteiger partial charge in [0.2, 0.25) is 0 Å². The molecule has 1 aromatic carbocycles. The molecule has 9 nitrogen and oxygen atoms in total. The summed E-state index contributed by atoms with van der Waals surface area (Å²) in [5, 5.41) is 15.1. The number of hydrogen-bond acceptors (Lipinski definition) is 7. The SMILES string of the molecule is COc1cccc(-c2cc(C(F)(F)F)nc(-n3nc(OC)c([N+](=O)[O-])c3C)n2)c1. The first kappa shape index (κ1) is 20.0. The third kappa shape index (κ3) is 3.81. The third-order valence-electron chi connectivity index (χ3n) is 3.99. The van der Waals surface area contributed by atoms with Crippen LogP contribution in [0.25, 0.3) is 17.2 Å². The zero-order valence-corrected chi connectivity index (χ0v) is 15.4. The minimum absolute atomic E-state index is 0.0576. The highest BCUT2D eigenvalue weighted by Crippen LogP contribution is 2.34. The fourth-order valence-electron chi connectivity index (χ4n) is 2.62. The molecule has 2 aromatic heterocycles. The topological polar surface area (TPSA) is 105 Å². The molecule has 0 saturated carbocycles. The van der Waals surface area contributed by atoms with Crippen LogP contribution in [0.1, 0.15) is 11.4 Å². The summed E-state index contributed by atoms with van der Waals surface area (Å²) in [5.41, 5.74) is -1.52. The number of aromatic nitrogens is 4. The highest BCUT2D eigenvalue weighted by molar-refractivity contribution is 5.62. The number of hydrogen-bond donors (Lipinski definition) is 0. The number of benzene rings is 1. The van der Waals surface area contributed by atoms with E-state index in [0.29, 0.717) is 11.3 Å². The lowest BCUT2D eigenvalue weighted by atomic mass is 10.1. The Morgan fingerprint density at radius 3 is 2.41 bits per heavy atom. The Hall–Kier alpha value is -3.70. The van der Waals surface area contributed by atoms with Crippen molar-refractivity contribution < 1.29 is 27.6 Å². The van der Waals surface area contributed by atoms with Gasteiger partial charge in [-0.15, -0.1) is 5.10 Å². The standard InChI is InChI=1S/C17H14F3N5O4/c1-9-14(25(26)27)15(29-3)23-24(9)16-21-12(8-13(22-16)17(18,19)20)10-5-4-6-11(7-10)28-2/h4-8H,1-3H3. The molecular weight excluding hydrogens is 395 g/mol. The van der Waals surface area contributed by atoms with Gasteiger partial charge in [-0.3, -0.25) is 10.1 Å². The number of nitro groups is 1. The van der Waals surface area contributed by atoms with E-state index in [1.165, 1.54) is 20.1 Å². The predicted octanol–water partition coefficient (Wildman–Crippen LogP) is 3.58. The summed E-state index contributed by atoms with van der Waals surface area (Å²) >= 11 is 0. The van der Waals surface area contributed by atoms with Crippen molar-refractivity contribution in [2.24, 2.45) is 0 Å². The molecule has 152 valence electrons. The van der Waals surface area contributed by atoms with Gasteiger partial charge in [0.1, 0.15) is 11.4 Å². The molecule has 0 radical (unpaired) electrons. The molecule has 0 unspecified atom stereocenters. The van der Waals surface area contributed by atoms with Crippen molar-refractivity contribution in [3.8, 4) is 28.8 Å². The van der Waals surface area contributed by atoms with Gasteiger partial charge in [0, 0.05) is 5.56 Å². The normalized spacial score (nSPS) is 11.4. The molecule has 0 aliphatic rings. The van der Waals surface area contributed by atoms with Gasteiger partial charge in [0.05, 0.1) is 24.8 Å². The first-order chi connectivity index (χ1) is 13.7. The van der Waals surface area contributed by atoms with E-state index in [4.69, 9.17) is 9.47 Å². The Kier molecular flexibility index (Phi) is 5.10. The number of methoxy groups -OCH3 is 2. The van der Waals surface area contributed by atoms with Crippen LogP contribution in [0.5, 0.6) is 11.6 Å². The summed E-state index contributed by atoms with van der Waals surface area (Å²) in [6, 6.07) is 7.06. The van der Waals surface area contributed by atoms with Crippen LogP contribution < -0.4 is 9.47 Å². The van der Waals surface area contributed by atoms with E-state index in [-0.39, 0.29) is 17.3 Å². The van der Waals surface area contributed by atoms with E-state index < -0.39 is 28.4 Å². The predicted molar refractivity (Wildman–Crippen MR) is 94.1 cm³/mol. The molecule has 0 fully saturated rings. The Balaban J connectivity index is 2.26. The summed E-state index contributed by atoms with van der Waals surface area (Å²) in [6.07, 6.45) is -4.78. The van der Waals surface area contributed by atoms with Crippen molar-refractivity contribution in [2.45, 2.75) is 13.1 Å². The molecule has 0 bridgehead atoms. The van der Waals surface area contributed by atoms with Crippen molar-refractivity contribution >= 4 is 5.69 Å². The maximum atomic E-state index is 13.4. The quantitative estimate of drug-likeness (QED) is 0.468. The minimum Gasteiger partial charge on any atom is -0.497 e. The number of halogens is 3. The second kappa shape index (κ2) is 7.37. The van der Waals surface area contributed by atoms with Crippen LogP contribution in [-0.2, 0) is 6.18 Å². The van der Waals surface area contributed by atoms with E-state index in [1.54, 1.807) is 18.2 Å². The number of alkyl halides is 3. The number of nitrogens with zero attached hydrogens (tertiary/aromatic N) is 5. The van der Waals surface area contributed by atoms with E-state index in [0.717, 1.165) is 17.9 Å². The zero-order chi connectivity index (χ0) is 21.3. The van der Waals surface area contributed by atoms with Crippen LogP contribution in [0.15, 0.2) is 30.3 Å². The zero-order valence-electron chi connectivity index (χ0n) is 15.4. The molecule has 0 aliphatic carbocycles. The summed E-state index contributed by atoms with van der Waals surface area (Å²) in [7, 11) is 2.58. The third-order valence-corrected chi connectivity index (χ3v) is 3.99. The lowest BCUT2D eigenvalue weighted by Crippen LogP contribution is -2.14. The number of rotatable bonds is 5. The second-order valence-electron chi connectivity index (χ2n) is 5.78. The Morgan fingerprint density at radius 1 is 1.14 bits per heavy atom. The fourth-order valence-corrected chi connectivity index (χ4v) is 2.62. The molecule has 3 rings (SSSR count). The van der Waals surface area contributed by atoms with Crippen LogP contribution in [0, 0.1) is 17.0 Å². The molecule has 0 N–H and O–H groups in total. The minimum atomic E-state index is -4.78. The van der Waals surface area contributed by atoms with Crippen molar-refractivity contribution in [3.63, 3.8) is 0 Å². The van der Waals surface area contributed by atoms with E-state index >= 15 is 0 Å². The molecule has 0 saturated heterocycles. The average Bonchev–Trinajstić information content (AvgIpc) is 3.03. The molecule has 3 aromatic rings. The van der Waals surface area contributed by atoms with Gasteiger partial charge < -0.3 is 9.47 Å². The van der Waals surface area contributed by atoms with Gasteiger partial charge in [-0.05, 0) is 25.1 Å². The molecule has 0 aliphatic heterocycles. The Bertz CT molecular complexity index is 1080. The largest absolute Gasteiger partial charge is 0.497 e. The number of ether oxygens (including phenoxy) is 2. The second-order valence-corrected chi connectivity index (χ2v) is 5.78. The summed E-state index contributed by atoms with van der Waals surface area (Å²) in [6.45, 7) is 1.31. The lowest BCUT2D eigenvalue weighted by Gasteiger charge is -2.11. The van der Waals surface area contributed by atoms with Gasteiger partial charge in [0.25, 0.3) is 5.95 Å². The fraction of sp³-hybridized carbons (Fsp3) is 0.235. The van der Waals surface area contributed by atoms with E-state index in [2.05, 4.69) is 15.1 Å². The highest BCUT2D eigenvalue weighted by atomic mass is 19.4. The highest BCUT2D eigenvalue weighted by Gasteiger charge is 2.35. The molecule has 29 heavy (non-hydrogen) atoms. The Labute approximate surface area is 161 Å². The van der Waals surface area contributed by atoms with Gasteiger partial charge in [0.15, 0.2) is 5.69 Å². The van der Waals surface area contributed by atoms with Gasteiger partial charge in [-0.1, -0.05) is 12.1 Å². The molecule has 0 amide bonds. The average molecular weight is 409 g/mol. The molecule has 0 spiro atoms. The smallest absolute Gasteiger partial charge is 0.433 e. The molecular formula is C17H14F3N5O4. The van der Waals surface area contributed by atoms with Gasteiger partial charge in [-0.2, -0.15) is 17.9 Å². The van der Waals surface area contributed by atoms with Gasteiger partial charge >= 0.3 is 17.7 Å². The summed E-state index contributed by atoms with van der Waals surface area (Å²) in [5.74, 6) is -0.429. The van der Waals surface area contributed by atoms with Crippen molar-refractivity contribution in [1.82, 2.24) is 19.7 Å². The maximum Gasteiger partial charge on any atom is 0.433 e. The van der Waals surface area contributed by atoms with Gasteiger partial charge in [-0.25, -0.2) is 9.97 Å². The van der Waals surface area contributed by atoms with E-state index in [9.17, 15) is 23.3 Å². The monoisotopic (exact) mass is 409 g/mol. The van der Waals surface area contributed by atoms with E-state index in [1.807, 2.05) is 0 Å². The summed E-state index contributed by atoms with van der Waals surface area (Å²) in [4.78, 5) is 18.2. The van der Waals surface area contributed by atoms with Crippen LogP contribution >= 0.6 is 0 Å². The first-order valence-corrected chi connectivity index (χ1v) is 8.04. The maximum absolute atomic E-state index is 13.4. The van der Waals surface area contributed by atoms with Crippen molar-refractivity contribution in [1.29, 1.82) is 0 Å². The van der Waals surface area contributed by atoms with Crippen molar-refractivity contribution in [3.05, 3.63) is 51.8 Å². The molecule has 12 heteroatoms. The van der Waals surface area contributed by atoms with Crippen LogP contribution in [0.3, 0.4) is 0 Å². The van der Waals surface area contributed by atoms with Crippen LogP contribution in [0.2, 0.25) is 0 Å². The van der Waals surface area contributed by atoms with Crippen LogP contribution in [0.4, 0.5) is 18.9 Å². The van der Waals surface area contributed by atoms with Crippen LogP contribution in [-0.4, -0.2) is 38.9 Å².